The van der Waals surface area contributed by atoms with Crippen molar-refractivity contribution in [1.29, 1.82) is 0 Å². The van der Waals surface area contributed by atoms with Gasteiger partial charge in [-0.3, -0.25) is 9.88 Å². The third-order valence-electron chi connectivity index (χ3n) is 3.59. The van der Waals surface area contributed by atoms with Gasteiger partial charge in [-0.15, -0.1) is 0 Å². The van der Waals surface area contributed by atoms with E-state index in [1.54, 1.807) is 0 Å². The van der Waals surface area contributed by atoms with Crippen LogP contribution >= 0.6 is 23.5 Å². The molecule has 0 N–H and O–H groups in total. The maximum Gasteiger partial charge on any atom is 0.0544 e. The summed E-state index contributed by atoms with van der Waals surface area (Å²) in [5, 5.41) is 0. The molecule has 0 spiro atoms. The number of pyridine rings is 1. The average Bonchev–Trinajstić information content (AvgIpc) is 2.47. The molecule has 1 rings (SSSR count). The summed E-state index contributed by atoms with van der Waals surface area (Å²) in [6.45, 7) is 14.5. The molecule has 0 bridgehead atoms. The maximum atomic E-state index is 4.69. The van der Waals surface area contributed by atoms with Gasteiger partial charge in [0.1, 0.15) is 0 Å². The lowest BCUT2D eigenvalue weighted by Crippen LogP contribution is -2.28. The van der Waals surface area contributed by atoms with Gasteiger partial charge in [-0.1, -0.05) is 40.7 Å². The fraction of sp³-hybridized carbons (Fsp3) is 0.722. The number of nitrogens with zero attached hydrogens (tertiary/aromatic N) is 2. The van der Waals surface area contributed by atoms with E-state index in [2.05, 4.69) is 62.8 Å². The van der Waals surface area contributed by atoms with Crippen LogP contribution < -0.4 is 0 Å². The molecule has 1 heterocycles. The minimum Gasteiger partial charge on any atom is -0.296 e. The Hall–Kier alpha value is -0.190. The first-order valence-electron chi connectivity index (χ1n) is 8.30. The van der Waals surface area contributed by atoms with E-state index in [-0.39, 0.29) is 5.41 Å². The van der Waals surface area contributed by atoms with Gasteiger partial charge in [-0.25, -0.2) is 0 Å². The van der Waals surface area contributed by atoms with Crippen molar-refractivity contribution in [2.75, 3.05) is 36.1 Å². The minimum absolute atomic E-state index is 0.181. The SMILES string of the molecule is CCSCCN(CCSCC)Cc1ccc(C(C)(C)C)cn1. The van der Waals surface area contributed by atoms with E-state index in [9.17, 15) is 0 Å². The van der Waals surface area contributed by atoms with Crippen LogP contribution in [0.25, 0.3) is 0 Å². The largest absolute Gasteiger partial charge is 0.296 e. The Labute approximate surface area is 145 Å². The Balaban J connectivity index is 2.58. The first-order valence-corrected chi connectivity index (χ1v) is 10.6. The minimum atomic E-state index is 0.181. The zero-order valence-corrected chi connectivity index (χ0v) is 16.5. The molecule has 0 aliphatic heterocycles. The van der Waals surface area contributed by atoms with Crippen LogP contribution in [-0.2, 0) is 12.0 Å². The molecule has 126 valence electrons. The summed E-state index contributed by atoms with van der Waals surface area (Å²) >= 11 is 4.05. The van der Waals surface area contributed by atoms with E-state index in [0.29, 0.717) is 0 Å². The van der Waals surface area contributed by atoms with E-state index < -0.39 is 0 Å². The molecule has 0 aliphatic rings. The summed E-state index contributed by atoms with van der Waals surface area (Å²) < 4.78 is 0. The molecule has 0 unspecified atom stereocenters. The van der Waals surface area contributed by atoms with Gasteiger partial charge in [-0.2, -0.15) is 23.5 Å². The zero-order valence-electron chi connectivity index (χ0n) is 14.9. The van der Waals surface area contributed by atoms with E-state index in [1.165, 1.54) is 34.3 Å². The van der Waals surface area contributed by atoms with Gasteiger partial charge >= 0.3 is 0 Å². The highest BCUT2D eigenvalue weighted by Gasteiger charge is 2.14. The van der Waals surface area contributed by atoms with Crippen LogP contribution in [0.5, 0.6) is 0 Å². The third-order valence-corrected chi connectivity index (χ3v) is 5.35. The molecule has 0 amide bonds. The predicted molar refractivity (Wildman–Crippen MR) is 104 cm³/mol. The summed E-state index contributed by atoms with van der Waals surface area (Å²) in [4.78, 5) is 7.23. The first-order chi connectivity index (χ1) is 10.5. The van der Waals surface area contributed by atoms with E-state index >= 15 is 0 Å². The lowest BCUT2D eigenvalue weighted by Gasteiger charge is -2.23. The van der Waals surface area contributed by atoms with Crippen molar-refractivity contribution >= 4 is 23.5 Å². The van der Waals surface area contributed by atoms with E-state index in [4.69, 9.17) is 0 Å². The fourth-order valence-electron chi connectivity index (χ4n) is 2.14. The highest BCUT2D eigenvalue weighted by molar-refractivity contribution is 7.99. The van der Waals surface area contributed by atoms with Crippen molar-refractivity contribution in [3.8, 4) is 0 Å². The van der Waals surface area contributed by atoms with Crippen LogP contribution in [0, 0.1) is 0 Å². The Kier molecular flexibility index (Phi) is 9.53. The first kappa shape index (κ1) is 19.9. The standard InChI is InChI=1S/C18H32N2S2/c1-6-21-12-10-20(11-13-22-7-2)15-17-9-8-16(14-19-17)18(3,4)5/h8-9,14H,6-7,10-13,15H2,1-5H3. The van der Waals surface area contributed by atoms with Crippen LogP contribution in [0.4, 0.5) is 0 Å². The molecule has 0 saturated carbocycles. The number of hydrogen-bond acceptors (Lipinski definition) is 4. The third kappa shape index (κ3) is 7.89. The molecule has 0 aliphatic carbocycles. The summed E-state index contributed by atoms with van der Waals surface area (Å²) in [6.07, 6.45) is 2.05. The van der Waals surface area contributed by atoms with Crippen molar-refractivity contribution in [3.63, 3.8) is 0 Å². The van der Waals surface area contributed by atoms with Crippen LogP contribution in [0.1, 0.15) is 45.9 Å². The van der Waals surface area contributed by atoms with Crippen LogP contribution in [-0.4, -0.2) is 46.0 Å². The van der Waals surface area contributed by atoms with Crippen molar-refractivity contribution in [2.45, 2.75) is 46.6 Å². The Morgan fingerprint density at radius 2 is 1.59 bits per heavy atom. The van der Waals surface area contributed by atoms with Crippen molar-refractivity contribution in [3.05, 3.63) is 29.6 Å². The van der Waals surface area contributed by atoms with E-state index in [0.717, 1.165) is 19.6 Å². The molecule has 0 fully saturated rings. The van der Waals surface area contributed by atoms with E-state index in [1.807, 2.05) is 23.5 Å². The quantitative estimate of drug-likeness (QED) is 0.574. The molecule has 22 heavy (non-hydrogen) atoms. The summed E-state index contributed by atoms with van der Waals surface area (Å²) in [7, 11) is 0. The Morgan fingerprint density at radius 1 is 1.00 bits per heavy atom. The summed E-state index contributed by atoms with van der Waals surface area (Å²) in [5.74, 6) is 4.84. The maximum absolute atomic E-state index is 4.69. The van der Waals surface area contributed by atoms with Gasteiger partial charge < -0.3 is 0 Å². The average molecular weight is 341 g/mol. The predicted octanol–water partition coefficient (Wildman–Crippen LogP) is 4.69. The van der Waals surface area contributed by atoms with Gasteiger partial charge in [0.2, 0.25) is 0 Å². The van der Waals surface area contributed by atoms with Gasteiger partial charge in [0.25, 0.3) is 0 Å². The number of thioether (sulfide) groups is 2. The molecule has 1 aromatic rings. The highest BCUT2D eigenvalue weighted by atomic mass is 32.2. The number of rotatable bonds is 10. The molecule has 4 heteroatoms. The molecule has 0 atom stereocenters. The molecular formula is C18H32N2S2. The lowest BCUT2D eigenvalue weighted by molar-refractivity contribution is 0.297. The molecule has 0 aromatic carbocycles. The van der Waals surface area contributed by atoms with Crippen molar-refractivity contribution in [1.82, 2.24) is 9.88 Å². The van der Waals surface area contributed by atoms with Gasteiger partial charge in [0, 0.05) is 37.3 Å². The normalized spacial score (nSPS) is 12.1. The molecule has 0 radical (unpaired) electrons. The molecule has 2 nitrogen and oxygen atoms in total. The smallest absolute Gasteiger partial charge is 0.0544 e. The zero-order chi connectivity index (χ0) is 16.4. The second-order valence-electron chi connectivity index (χ2n) is 6.46. The monoisotopic (exact) mass is 340 g/mol. The topological polar surface area (TPSA) is 16.1 Å². The number of aromatic nitrogens is 1. The number of hydrogen-bond donors (Lipinski definition) is 0. The lowest BCUT2D eigenvalue weighted by atomic mass is 9.88. The Morgan fingerprint density at radius 3 is 2.00 bits per heavy atom. The van der Waals surface area contributed by atoms with Crippen molar-refractivity contribution in [2.24, 2.45) is 0 Å². The fourth-order valence-corrected chi connectivity index (χ4v) is 3.49. The van der Waals surface area contributed by atoms with Gasteiger partial charge in [0.15, 0.2) is 0 Å². The van der Waals surface area contributed by atoms with Gasteiger partial charge in [-0.05, 0) is 28.6 Å². The molecular weight excluding hydrogens is 308 g/mol. The second kappa shape index (κ2) is 10.6. The van der Waals surface area contributed by atoms with Crippen LogP contribution in [0.3, 0.4) is 0 Å². The molecule has 0 saturated heterocycles. The summed E-state index contributed by atoms with van der Waals surface area (Å²) in [6, 6.07) is 4.44. The molecule has 1 aromatic heterocycles. The Bertz CT molecular complexity index is 389. The van der Waals surface area contributed by atoms with Gasteiger partial charge in [0.05, 0.1) is 5.69 Å². The van der Waals surface area contributed by atoms with Crippen LogP contribution in [0.2, 0.25) is 0 Å². The summed E-state index contributed by atoms with van der Waals surface area (Å²) in [5.41, 5.74) is 2.68. The van der Waals surface area contributed by atoms with Crippen molar-refractivity contribution < 1.29 is 0 Å². The highest BCUT2D eigenvalue weighted by Crippen LogP contribution is 2.21. The van der Waals surface area contributed by atoms with Crippen LogP contribution in [0.15, 0.2) is 18.3 Å². The second-order valence-corrected chi connectivity index (χ2v) is 9.25.